The molecule has 2 heterocycles. The molecular formula is C30H30ClF2N5O4. The fourth-order valence-corrected chi connectivity index (χ4v) is 6.36. The predicted molar refractivity (Wildman–Crippen MR) is 150 cm³/mol. The van der Waals surface area contributed by atoms with Crippen LogP contribution in [0.5, 0.6) is 0 Å². The summed E-state index contributed by atoms with van der Waals surface area (Å²) in [5.41, 5.74) is 1.35. The molecule has 0 radical (unpaired) electrons. The number of halogens is 3. The third-order valence-corrected chi connectivity index (χ3v) is 8.52. The van der Waals surface area contributed by atoms with Crippen LogP contribution in [0, 0.1) is 23.5 Å². The Hall–Kier alpha value is -3.99. The number of hydrogen-bond acceptors (Lipinski definition) is 6. The fraction of sp³-hybridized carbons (Fsp3) is 0.400. The van der Waals surface area contributed by atoms with Gasteiger partial charge in [-0.05, 0) is 90.8 Å². The number of carbonyl (C=O) groups excluding carboxylic acids is 2. The highest BCUT2D eigenvalue weighted by atomic mass is 35.5. The van der Waals surface area contributed by atoms with Crippen molar-refractivity contribution in [1.82, 2.24) is 25.1 Å². The van der Waals surface area contributed by atoms with Crippen molar-refractivity contribution >= 4 is 35.3 Å². The van der Waals surface area contributed by atoms with Crippen molar-refractivity contribution in [3.63, 3.8) is 0 Å². The number of nitrogens with zero attached hydrogens (tertiary/aromatic N) is 5. The van der Waals surface area contributed by atoms with E-state index in [1.807, 2.05) is 0 Å². The van der Waals surface area contributed by atoms with Crippen molar-refractivity contribution in [3.05, 3.63) is 76.6 Å². The van der Waals surface area contributed by atoms with Gasteiger partial charge >= 0.3 is 5.97 Å². The van der Waals surface area contributed by atoms with E-state index in [-0.39, 0.29) is 23.7 Å². The van der Waals surface area contributed by atoms with E-state index in [4.69, 9.17) is 11.6 Å². The Balaban J connectivity index is 1.42. The van der Waals surface area contributed by atoms with Gasteiger partial charge in [0, 0.05) is 41.6 Å². The van der Waals surface area contributed by atoms with Crippen LogP contribution in [0.15, 0.2) is 48.8 Å². The maximum Gasteiger partial charge on any atom is 0.306 e. The first kappa shape index (κ1) is 29.5. The second-order valence-electron chi connectivity index (χ2n) is 10.9. The molecule has 1 aromatic heterocycles. The summed E-state index contributed by atoms with van der Waals surface area (Å²) < 4.78 is 30.2. The number of amides is 1. The van der Waals surface area contributed by atoms with Gasteiger partial charge in [0.1, 0.15) is 18.0 Å². The van der Waals surface area contributed by atoms with Crippen LogP contribution in [0.4, 0.5) is 8.78 Å². The number of rotatable bonds is 8. The molecule has 0 spiro atoms. The van der Waals surface area contributed by atoms with E-state index in [1.165, 1.54) is 28.1 Å². The van der Waals surface area contributed by atoms with E-state index in [2.05, 4.69) is 15.5 Å². The molecule has 1 amide bonds. The Morgan fingerprint density at radius 1 is 1.05 bits per heavy atom. The Labute approximate surface area is 246 Å². The molecule has 3 aromatic rings. The molecule has 2 unspecified atom stereocenters. The number of likely N-dealkylation sites (tertiary alicyclic amines) is 1. The molecule has 12 heteroatoms. The lowest BCUT2D eigenvalue weighted by Gasteiger charge is -2.41. The van der Waals surface area contributed by atoms with E-state index in [0.29, 0.717) is 61.3 Å². The summed E-state index contributed by atoms with van der Waals surface area (Å²) in [6, 6.07) is 7.39. The van der Waals surface area contributed by atoms with Gasteiger partial charge in [0.2, 0.25) is 5.91 Å². The molecule has 9 nitrogen and oxygen atoms in total. The Kier molecular flexibility index (Phi) is 9.06. The first-order valence-corrected chi connectivity index (χ1v) is 14.3. The highest BCUT2D eigenvalue weighted by Crippen LogP contribution is 2.38. The SMILES string of the molecule is O=C(O)C1CCC(CC(=O)C2C(c3ccc(F)cc3F)CCCN2C(=O)/C=C/c2cc(Cl)ccc2-n2cnnn2)CC1. The van der Waals surface area contributed by atoms with E-state index in [0.717, 1.165) is 12.1 Å². The molecular weight excluding hydrogens is 568 g/mol. The maximum absolute atomic E-state index is 15.0. The molecule has 1 N–H and O–H groups in total. The van der Waals surface area contributed by atoms with Crippen LogP contribution in [0.3, 0.4) is 0 Å². The van der Waals surface area contributed by atoms with Crippen LogP contribution in [-0.4, -0.2) is 60.5 Å². The van der Waals surface area contributed by atoms with Gasteiger partial charge in [-0.2, -0.15) is 4.68 Å². The highest BCUT2D eigenvalue weighted by Gasteiger charge is 2.41. The normalized spacial score (nSPS) is 22.8. The van der Waals surface area contributed by atoms with Crippen LogP contribution in [0.2, 0.25) is 5.02 Å². The molecule has 0 bridgehead atoms. The standard InChI is InChI=1S/C30H30ClF2N5O4/c31-21-8-11-26(38-17-34-35-36-38)20(15-21)7-12-28(40)37-13-1-2-24(23-10-9-22(32)16-25(23)33)29(37)27(39)14-18-3-5-19(6-4-18)30(41)42/h7-12,15-19,24,29H,1-6,13-14H2,(H,41,42)/b12-7+. The number of aliphatic carboxylic acids is 1. The van der Waals surface area contributed by atoms with Crippen LogP contribution in [0.25, 0.3) is 11.8 Å². The summed E-state index contributed by atoms with van der Waals surface area (Å²) in [7, 11) is 0. The number of Topliss-reactive ketones (excluding diaryl/α,β-unsaturated/α-hetero) is 1. The minimum atomic E-state index is -0.952. The second-order valence-corrected chi connectivity index (χ2v) is 11.3. The van der Waals surface area contributed by atoms with Crippen LogP contribution in [-0.2, 0) is 14.4 Å². The van der Waals surface area contributed by atoms with Crippen LogP contribution < -0.4 is 0 Å². The van der Waals surface area contributed by atoms with Gasteiger partial charge in [0.05, 0.1) is 17.6 Å². The predicted octanol–water partition coefficient (Wildman–Crippen LogP) is 5.23. The van der Waals surface area contributed by atoms with Crippen molar-refractivity contribution in [1.29, 1.82) is 0 Å². The van der Waals surface area contributed by atoms with Crippen molar-refractivity contribution in [2.24, 2.45) is 11.8 Å². The number of benzene rings is 2. The van der Waals surface area contributed by atoms with Gasteiger partial charge in [-0.1, -0.05) is 17.7 Å². The zero-order chi connectivity index (χ0) is 29.8. The number of aromatic nitrogens is 4. The van der Waals surface area contributed by atoms with Gasteiger partial charge in [-0.3, -0.25) is 14.4 Å². The van der Waals surface area contributed by atoms with Crippen LogP contribution in [0.1, 0.15) is 62.0 Å². The molecule has 2 fully saturated rings. The summed E-state index contributed by atoms with van der Waals surface area (Å²) >= 11 is 6.21. The summed E-state index contributed by atoms with van der Waals surface area (Å²) in [5.74, 6) is -4.03. The molecule has 42 heavy (non-hydrogen) atoms. The van der Waals surface area contributed by atoms with Crippen molar-refractivity contribution in [2.45, 2.75) is 56.9 Å². The molecule has 220 valence electrons. The minimum absolute atomic E-state index is 0.0217. The largest absolute Gasteiger partial charge is 0.481 e. The number of carbonyl (C=O) groups is 3. The van der Waals surface area contributed by atoms with Crippen molar-refractivity contribution in [2.75, 3.05) is 6.54 Å². The van der Waals surface area contributed by atoms with E-state index < -0.39 is 41.4 Å². The summed E-state index contributed by atoms with van der Waals surface area (Å²) in [6.45, 7) is 0.292. The lowest BCUT2D eigenvalue weighted by molar-refractivity contribution is -0.143. The monoisotopic (exact) mass is 597 g/mol. The number of carboxylic acids is 1. The van der Waals surface area contributed by atoms with E-state index in [1.54, 1.807) is 24.3 Å². The van der Waals surface area contributed by atoms with Crippen molar-refractivity contribution < 1.29 is 28.3 Å². The second kappa shape index (κ2) is 12.9. The van der Waals surface area contributed by atoms with Gasteiger partial charge in [0.15, 0.2) is 5.78 Å². The zero-order valence-electron chi connectivity index (χ0n) is 22.7. The lowest BCUT2D eigenvalue weighted by atomic mass is 9.75. The molecule has 2 aromatic carbocycles. The molecule has 1 aliphatic carbocycles. The van der Waals surface area contributed by atoms with Gasteiger partial charge in [-0.15, -0.1) is 5.10 Å². The average molecular weight is 598 g/mol. The molecule has 5 rings (SSSR count). The Bertz CT molecular complexity index is 1490. The number of hydrogen-bond donors (Lipinski definition) is 1. The van der Waals surface area contributed by atoms with Gasteiger partial charge in [0.25, 0.3) is 0 Å². The first-order valence-electron chi connectivity index (χ1n) is 13.9. The summed E-state index contributed by atoms with van der Waals surface area (Å²) in [6.07, 6.45) is 7.63. The summed E-state index contributed by atoms with van der Waals surface area (Å²) in [4.78, 5) is 40.4. The van der Waals surface area contributed by atoms with Gasteiger partial charge < -0.3 is 10.0 Å². The molecule has 2 aliphatic rings. The van der Waals surface area contributed by atoms with Crippen LogP contribution >= 0.6 is 11.6 Å². The quantitative estimate of drug-likeness (QED) is 0.353. The van der Waals surface area contributed by atoms with E-state index in [9.17, 15) is 23.9 Å². The molecule has 1 saturated carbocycles. The third kappa shape index (κ3) is 6.56. The van der Waals surface area contributed by atoms with Gasteiger partial charge in [-0.25, -0.2) is 8.78 Å². The number of tetrazole rings is 1. The number of piperidine rings is 1. The Morgan fingerprint density at radius 2 is 1.83 bits per heavy atom. The van der Waals surface area contributed by atoms with Crippen molar-refractivity contribution in [3.8, 4) is 5.69 Å². The molecule has 1 aliphatic heterocycles. The highest BCUT2D eigenvalue weighted by molar-refractivity contribution is 6.30. The topological polar surface area (TPSA) is 118 Å². The minimum Gasteiger partial charge on any atom is -0.481 e. The average Bonchev–Trinajstić information content (AvgIpc) is 3.51. The number of ketones is 1. The smallest absolute Gasteiger partial charge is 0.306 e. The molecule has 2 atom stereocenters. The zero-order valence-corrected chi connectivity index (χ0v) is 23.5. The lowest BCUT2D eigenvalue weighted by Crippen LogP contribution is -2.51. The molecule has 1 saturated heterocycles. The van der Waals surface area contributed by atoms with E-state index >= 15 is 4.39 Å². The summed E-state index contributed by atoms with van der Waals surface area (Å²) in [5, 5.41) is 21.0. The number of carboxylic acid groups (broad SMARTS) is 1. The maximum atomic E-state index is 15.0. The third-order valence-electron chi connectivity index (χ3n) is 8.28. The fourth-order valence-electron chi connectivity index (χ4n) is 6.18. The Morgan fingerprint density at radius 3 is 2.52 bits per heavy atom. The first-order chi connectivity index (χ1) is 20.2.